The van der Waals surface area contributed by atoms with Crippen LogP contribution in [0, 0.1) is 34.5 Å². The average Bonchev–Trinajstić information content (AvgIpc) is 3.19. The normalized spacial score (nSPS) is 51.6. The first-order valence-electron chi connectivity index (χ1n) is 11.4. The van der Waals surface area contributed by atoms with Gasteiger partial charge in [0.2, 0.25) is 5.78 Å². The third-order valence-electron chi connectivity index (χ3n) is 9.38. The largest absolute Gasteiger partial charge is 0.493 e. The Bertz CT molecular complexity index is 912. The summed E-state index contributed by atoms with van der Waals surface area (Å²) < 4.78 is 29.6. The summed E-state index contributed by atoms with van der Waals surface area (Å²) in [5, 5.41) is 0. The van der Waals surface area contributed by atoms with E-state index in [4.69, 9.17) is 23.7 Å². The average molecular weight is 449 g/mol. The molecular formula is C24H32O8. The van der Waals surface area contributed by atoms with Crippen LogP contribution >= 0.6 is 0 Å². The summed E-state index contributed by atoms with van der Waals surface area (Å²) in [6, 6.07) is 0. The van der Waals surface area contributed by atoms with Crippen molar-refractivity contribution in [3.8, 4) is 0 Å². The number of carbonyl (C=O) groups excluding carboxylic acids is 3. The Balaban J connectivity index is 1.74. The summed E-state index contributed by atoms with van der Waals surface area (Å²) in [6.45, 7) is 9.40. The maximum Gasteiger partial charge on any atom is 0.306 e. The Labute approximate surface area is 187 Å². The van der Waals surface area contributed by atoms with E-state index >= 15 is 0 Å². The fourth-order valence-electron chi connectivity index (χ4n) is 8.23. The van der Waals surface area contributed by atoms with Crippen molar-refractivity contribution in [2.45, 2.75) is 71.4 Å². The minimum Gasteiger partial charge on any atom is -0.493 e. The predicted molar refractivity (Wildman–Crippen MR) is 110 cm³/mol. The third kappa shape index (κ3) is 2.48. The van der Waals surface area contributed by atoms with Crippen molar-refractivity contribution in [1.29, 1.82) is 0 Å². The summed E-state index contributed by atoms with van der Waals surface area (Å²) in [5.74, 6) is -1.10. The van der Waals surface area contributed by atoms with Crippen molar-refractivity contribution in [2.24, 2.45) is 34.5 Å². The second-order valence-electron chi connectivity index (χ2n) is 10.7. The van der Waals surface area contributed by atoms with Gasteiger partial charge in [-0.05, 0) is 31.3 Å². The zero-order valence-corrected chi connectivity index (χ0v) is 19.5. The molecule has 4 fully saturated rings. The monoisotopic (exact) mass is 448 g/mol. The molecule has 2 saturated heterocycles. The van der Waals surface area contributed by atoms with Crippen LogP contribution in [-0.2, 0) is 38.1 Å². The van der Waals surface area contributed by atoms with Gasteiger partial charge >= 0.3 is 11.9 Å². The number of ketones is 1. The van der Waals surface area contributed by atoms with Gasteiger partial charge in [0.25, 0.3) is 0 Å². The molecule has 0 bridgehead atoms. The molecule has 2 heterocycles. The molecular weight excluding hydrogens is 416 g/mol. The van der Waals surface area contributed by atoms with Crippen LogP contribution < -0.4 is 0 Å². The molecule has 0 spiro atoms. The number of carbonyl (C=O) groups is 3. The molecule has 8 nitrogen and oxygen atoms in total. The van der Waals surface area contributed by atoms with Crippen molar-refractivity contribution in [2.75, 3.05) is 13.9 Å². The molecule has 10 atom stereocenters. The van der Waals surface area contributed by atoms with Gasteiger partial charge in [-0.3, -0.25) is 14.4 Å². The SMILES string of the molecule is COC1=C[C@@H](C)[C@@H]2C[C@H]3OC(=O)C[C@H]4[C@](C)(OC(C)=O)[C@@H]5OCO[C@H]5[C@H]([C@@]2(C)C1=O)[C@@]34C. The lowest BCUT2D eigenvalue weighted by molar-refractivity contribution is -0.297. The molecule has 0 aromatic rings. The lowest BCUT2D eigenvalue weighted by atomic mass is 9.37. The Morgan fingerprint density at radius 1 is 1.19 bits per heavy atom. The molecule has 0 aromatic carbocycles. The number of Topliss-reactive ketones (excluding diaryl/α,β-unsaturated/α-hetero) is 1. The van der Waals surface area contributed by atoms with Crippen LogP contribution in [0.15, 0.2) is 11.8 Å². The first-order chi connectivity index (χ1) is 15.0. The Morgan fingerprint density at radius 3 is 2.56 bits per heavy atom. The molecule has 5 rings (SSSR count). The van der Waals surface area contributed by atoms with Gasteiger partial charge in [-0.15, -0.1) is 0 Å². The van der Waals surface area contributed by atoms with Crippen LogP contribution in [0.1, 0.15) is 47.5 Å². The highest BCUT2D eigenvalue weighted by molar-refractivity contribution is 5.99. The first-order valence-corrected chi connectivity index (χ1v) is 11.4. The lowest BCUT2D eigenvalue weighted by Crippen LogP contribution is -2.77. The van der Waals surface area contributed by atoms with Gasteiger partial charge in [0.05, 0.1) is 19.6 Å². The van der Waals surface area contributed by atoms with E-state index in [1.165, 1.54) is 14.0 Å². The molecule has 8 heteroatoms. The highest BCUT2D eigenvalue weighted by Gasteiger charge is 2.78. The highest BCUT2D eigenvalue weighted by atomic mass is 16.7. The summed E-state index contributed by atoms with van der Waals surface area (Å²) in [4.78, 5) is 38.8. The minimum atomic E-state index is -1.08. The maximum atomic E-state index is 13.9. The maximum absolute atomic E-state index is 13.9. The molecule has 32 heavy (non-hydrogen) atoms. The number of esters is 2. The number of fused-ring (bicyclic) bond motifs is 4. The topological polar surface area (TPSA) is 97.4 Å². The summed E-state index contributed by atoms with van der Waals surface area (Å²) >= 11 is 0. The fourth-order valence-corrected chi connectivity index (χ4v) is 8.23. The van der Waals surface area contributed by atoms with Crippen LogP contribution in [0.5, 0.6) is 0 Å². The van der Waals surface area contributed by atoms with Crippen LogP contribution in [0.2, 0.25) is 0 Å². The second kappa shape index (κ2) is 6.79. The highest BCUT2D eigenvalue weighted by Crippen LogP contribution is 2.70. The van der Waals surface area contributed by atoms with E-state index < -0.39 is 40.7 Å². The van der Waals surface area contributed by atoms with Crippen molar-refractivity contribution in [3.63, 3.8) is 0 Å². The third-order valence-corrected chi connectivity index (χ3v) is 9.38. The quantitative estimate of drug-likeness (QED) is 0.594. The van der Waals surface area contributed by atoms with Gasteiger partial charge < -0.3 is 23.7 Å². The number of rotatable bonds is 2. The molecule has 176 valence electrons. The molecule has 2 aliphatic heterocycles. The molecule has 0 radical (unpaired) electrons. The smallest absolute Gasteiger partial charge is 0.306 e. The van der Waals surface area contributed by atoms with Crippen LogP contribution in [0.4, 0.5) is 0 Å². The molecule has 5 aliphatic rings. The van der Waals surface area contributed by atoms with E-state index in [1.54, 1.807) is 0 Å². The summed E-state index contributed by atoms with van der Waals surface area (Å²) in [7, 11) is 1.52. The van der Waals surface area contributed by atoms with E-state index in [1.807, 2.05) is 19.9 Å². The van der Waals surface area contributed by atoms with E-state index in [2.05, 4.69) is 13.8 Å². The number of hydrogen-bond donors (Lipinski definition) is 0. The van der Waals surface area contributed by atoms with Gasteiger partial charge in [0.15, 0.2) is 5.76 Å². The van der Waals surface area contributed by atoms with E-state index in [0.29, 0.717) is 12.2 Å². The van der Waals surface area contributed by atoms with Crippen LogP contribution in [0.25, 0.3) is 0 Å². The van der Waals surface area contributed by atoms with Gasteiger partial charge in [-0.25, -0.2) is 0 Å². The summed E-state index contributed by atoms with van der Waals surface area (Å²) in [6.07, 6.45) is 1.05. The number of methoxy groups -OCH3 is 1. The minimum absolute atomic E-state index is 0.0441. The Morgan fingerprint density at radius 2 is 1.91 bits per heavy atom. The molecule has 0 amide bonds. The van der Waals surface area contributed by atoms with Gasteiger partial charge in [-0.2, -0.15) is 0 Å². The molecule has 0 aromatic heterocycles. The van der Waals surface area contributed by atoms with Gasteiger partial charge in [0, 0.05) is 29.6 Å². The zero-order valence-electron chi connectivity index (χ0n) is 19.5. The van der Waals surface area contributed by atoms with E-state index in [9.17, 15) is 14.4 Å². The Kier molecular flexibility index (Phi) is 4.65. The molecule has 0 N–H and O–H groups in total. The first kappa shape index (κ1) is 21.9. The Hall–Kier alpha value is -1.93. The van der Waals surface area contributed by atoms with Crippen molar-refractivity contribution < 1.29 is 38.1 Å². The number of hydrogen-bond acceptors (Lipinski definition) is 8. The lowest BCUT2D eigenvalue weighted by Gasteiger charge is -2.69. The predicted octanol–water partition coefficient (Wildman–Crippen LogP) is 2.39. The second-order valence-corrected chi connectivity index (χ2v) is 10.7. The van der Waals surface area contributed by atoms with Crippen LogP contribution in [0.3, 0.4) is 0 Å². The zero-order chi connectivity index (χ0) is 23.2. The van der Waals surface area contributed by atoms with Crippen molar-refractivity contribution in [1.82, 2.24) is 0 Å². The molecule has 0 unspecified atom stereocenters. The number of ether oxygens (including phenoxy) is 5. The van der Waals surface area contributed by atoms with Crippen molar-refractivity contribution >= 4 is 17.7 Å². The van der Waals surface area contributed by atoms with E-state index in [-0.39, 0.29) is 48.6 Å². The molecule has 2 saturated carbocycles. The van der Waals surface area contributed by atoms with Crippen molar-refractivity contribution in [3.05, 3.63) is 11.8 Å². The van der Waals surface area contributed by atoms with Gasteiger partial charge in [-0.1, -0.05) is 20.8 Å². The van der Waals surface area contributed by atoms with E-state index in [0.717, 1.165) is 0 Å². The number of allylic oxidation sites excluding steroid dienone is 2. The standard InChI is InChI=1S/C24H32O8/c1-11-7-14(28-6)20(27)22(3)13(11)8-16-23(4)15(9-17(26)31-16)24(5,32-12(2)25)21-18(19(22)23)29-10-30-21/h7,11,13,15-16,18-19,21H,8-10H2,1-6H3/t11-,13+,15-,16-,18+,19-,21-,22+,23-,24+/m1/s1. The van der Waals surface area contributed by atoms with Gasteiger partial charge in [0.1, 0.15) is 24.6 Å². The summed E-state index contributed by atoms with van der Waals surface area (Å²) in [5.41, 5.74) is -2.53. The van der Waals surface area contributed by atoms with Crippen LogP contribution in [-0.4, -0.2) is 55.5 Å². The fraction of sp³-hybridized carbons (Fsp3) is 0.792. The molecule has 3 aliphatic carbocycles.